The molecule has 4 N–H and O–H groups in total. The van der Waals surface area contributed by atoms with E-state index < -0.39 is 41.5 Å². The van der Waals surface area contributed by atoms with Crippen molar-refractivity contribution in [1.82, 2.24) is 35.3 Å². The monoisotopic (exact) mass is 878 g/mol. The highest BCUT2D eigenvalue weighted by Crippen LogP contribution is 2.40. The minimum Gasteiger partial charge on any atom is -0.481 e. The fourth-order valence-electron chi connectivity index (χ4n) is 8.22. The molecule has 1 fully saturated rings. The maximum Gasteiger partial charge on any atom is 0.306 e. The molecule has 5 atom stereocenters. The summed E-state index contributed by atoms with van der Waals surface area (Å²) in [4.78, 5) is 66.3. The standard InChI is InChI=1S/C46H54N8O6S2/c1-24-27(4)62-45-38(24)39(49-34(21-37(57)58)42-52-51-28(5)54(42)45)31-14-12-29(13-15-31)10-9-11-36(56)50-41(46(6,7)8)44(60)53-22-33(55)20-35(53)43(59)48-25(2)30-16-18-32(19-17-30)40-26(3)47-23-61-40/h12-19,23,25,33-35,41,55H,9-11,20-22H2,1-8H3,(H,48,59)(H,50,56)(H,57,58)/t25?,33-,34+,35+,41?/m1/s1. The molecule has 326 valence electrons. The first-order valence-electron chi connectivity index (χ1n) is 20.9. The van der Waals surface area contributed by atoms with Crippen LogP contribution in [0.4, 0.5) is 0 Å². The number of hydrogen-bond donors (Lipinski definition) is 4. The van der Waals surface area contributed by atoms with E-state index in [1.54, 1.807) is 22.7 Å². The van der Waals surface area contributed by atoms with Gasteiger partial charge in [0, 0.05) is 35.4 Å². The van der Waals surface area contributed by atoms with Gasteiger partial charge >= 0.3 is 5.97 Å². The van der Waals surface area contributed by atoms with E-state index in [0.717, 1.165) is 53.8 Å². The Morgan fingerprint density at radius 1 is 0.952 bits per heavy atom. The molecule has 0 bridgehead atoms. The topological polar surface area (TPSA) is 192 Å². The van der Waals surface area contributed by atoms with Gasteiger partial charge in [0.15, 0.2) is 5.82 Å². The Hall–Kier alpha value is -5.58. The van der Waals surface area contributed by atoms with Crippen LogP contribution >= 0.6 is 22.7 Å². The molecule has 62 heavy (non-hydrogen) atoms. The molecule has 2 unspecified atom stereocenters. The Morgan fingerprint density at radius 2 is 1.65 bits per heavy atom. The molecule has 2 aliphatic heterocycles. The van der Waals surface area contributed by atoms with Gasteiger partial charge in [-0.25, -0.2) is 4.98 Å². The summed E-state index contributed by atoms with van der Waals surface area (Å²) < 4.78 is 1.93. The number of likely N-dealkylation sites (tertiary alicyclic amines) is 1. The van der Waals surface area contributed by atoms with Crippen molar-refractivity contribution in [2.45, 2.75) is 118 Å². The number of carbonyl (C=O) groups excluding carboxylic acids is 3. The largest absolute Gasteiger partial charge is 0.481 e. The first-order chi connectivity index (χ1) is 29.4. The summed E-state index contributed by atoms with van der Waals surface area (Å²) in [5, 5.41) is 36.0. The zero-order valence-electron chi connectivity index (χ0n) is 36.4. The van der Waals surface area contributed by atoms with E-state index in [0.29, 0.717) is 30.2 Å². The van der Waals surface area contributed by atoms with Crippen molar-refractivity contribution in [3.8, 4) is 15.4 Å². The third kappa shape index (κ3) is 9.27. The average Bonchev–Trinajstić information content (AvgIpc) is 3.99. The van der Waals surface area contributed by atoms with Crippen molar-refractivity contribution in [2.75, 3.05) is 6.54 Å². The van der Waals surface area contributed by atoms with E-state index in [2.05, 4.69) is 32.7 Å². The molecule has 14 nitrogen and oxygen atoms in total. The van der Waals surface area contributed by atoms with Crippen molar-refractivity contribution in [3.05, 3.63) is 104 Å². The Balaban J connectivity index is 0.982. The molecule has 0 saturated carbocycles. The van der Waals surface area contributed by atoms with Gasteiger partial charge in [-0.3, -0.25) is 28.7 Å². The summed E-state index contributed by atoms with van der Waals surface area (Å²) in [6.07, 6.45) is 0.298. The van der Waals surface area contributed by atoms with Gasteiger partial charge in [0.1, 0.15) is 29.0 Å². The Labute approximate surface area is 369 Å². The lowest BCUT2D eigenvalue weighted by Crippen LogP contribution is -2.57. The van der Waals surface area contributed by atoms with Crippen molar-refractivity contribution < 1.29 is 29.4 Å². The smallest absolute Gasteiger partial charge is 0.306 e. The van der Waals surface area contributed by atoms with Crippen LogP contribution in [0.15, 0.2) is 59.0 Å². The molecule has 0 spiro atoms. The van der Waals surface area contributed by atoms with Crippen LogP contribution in [0.5, 0.6) is 0 Å². The van der Waals surface area contributed by atoms with Gasteiger partial charge in [-0.1, -0.05) is 69.3 Å². The molecule has 2 aliphatic rings. The first-order valence-corrected chi connectivity index (χ1v) is 22.6. The van der Waals surface area contributed by atoms with Gasteiger partial charge in [0.05, 0.1) is 40.4 Å². The summed E-state index contributed by atoms with van der Waals surface area (Å²) in [5.41, 5.74) is 8.61. The molecule has 1 saturated heterocycles. The number of aliphatic imine (C=N–C) groups is 1. The molecule has 5 heterocycles. The van der Waals surface area contributed by atoms with E-state index >= 15 is 0 Å². The van der Waals surface area contributed by atoms with Crippen molar-refractivity contribution in [3.63, 3.8) is 0 Å². The number of aryl methyl sites for hydroxylation is 4. The van der Waals surface area contributed by atoms with E-state index in [9.17, 15) is 29.4 Å². The number of carbonyl (C=O) groups is 4. The molecular weight excluding hydrogens is 825 g/mol. The number of β-amino-alcohol motifs (C(OH)–C–C–N with tert-alkyl or cyclic N) is 1. The minimum absolute atomic E-state index is 0.00686. The normalized spacial score (nSPS) is 18.3. The zero-order chi connectivity index (χ0) is 44.6. The quantitative estimate of drug-likeness (QED) is 0.0992. The van der Waals surface area contributed by atoms with Crippen molar-refractivity contribution in [2.24, 2.45) is 10.4 Å². The van der Waals surface area contributed by atoms with Crippen LogP contribution in [0.25, 0.3) is 15.4 Å². The number of carboxylic acid groups (broad SMARTS) is 1. The molecule has 3 aromatic heterocycles. The number of nitrogens with zero attached hydrogens (tertiary/aromatic N) is 6. The lowest BCUT2D eigenvalue weighted by atomic mass is 9.85. The highest BCUT2D eigenvalue weighted by atomic mass is 32.1. The van der Waals surface area contributed by atoms with Crippen LogP contribution in [0.3, 0.4) is 0 Å². The van der Waals surface area contributed by atoms with Gasteiger partial charge in [0.2, 0.25) is 17.7 Å². The number of amides is 3. The lowest BCUT2D eigenvalue weighted by molar-refractivity contribution is -0.144. The average molecular weight is 879 g/mol. The zero-order valence-corrected chi connectivity index (χ0v) is 38.0. The maximum absolute atomic E-state index is 14.2. The number of hydrogen-bond acceptors (Lipinski definition) is 11. The van der Waals surface area contributed by atoms with E-state index in [4.69, 9.17) is 4.99 Å². The third-order valence-electron chi connectivity index (χ3n) is 11.8. The number of thiazole rings is 1. The fraction of sp³-hybridized carbons (Fsp3) is 0.435. The van der Waals surface area contributed by atoms with Crippen LogP contribution < -0.4 is 10.6 Å². The van der Waals surface area contributed by atoms with Gasteiger partial charge in [-0.15, -0.1) is 32.9 Å². The second-order valence-electron chi connectivity index (χ2n) is 17.4. The summed E-state index contributed by atoms with van der Waals surface area (Å²) in [6.45, 7) is 15.4. The second kappa shape index (κ2) is 18.0. The van der Waals surface area contributed by atoms with E-state index in [1.807, 2.05) is 107 Å². The van der Waals surface area contributed by atoms with E-state index in [-0.39, 0.29) is 43.7 Å². The molecule has 0 aliphatic carbocycles. The number of benzene rings is 2. The summed E-state index contributed by atoms with van der Waals surface area (Å²) >= 11 is 3.18. The number of aliphatic hydroxyl groups is 1. The molecule has 3 amide bonds. The van der Waals surface area contributed by atoms with Crippen LogP contribution in [0.2, 0.25) is 0 Å². The van der Waals surface area contributed by atoms with Gasteiger partial charge < -0.3 is 25.7 Å². The summed E-state index contributed by atoms with van der Waals surface area (Å²) in [5.74, 6) is -0.856. The first kappa shape index (κ1) is 44.5. The molecule has 0 radical (unpaired) electrons. The number of thiophene rings is 1. The Kier molecular flexibility index (Phi) is 12.9. The predicted molar refractivity (Wildman–Crippen MR) is 240 cm³/mol. The maximum atomic E-state index is 14.2. The summed E-state index contributed by atoms with van der Waals surface area (Å²) in [7, 11) is 0. The Bertz CT molecular complexity index is 2520. The molecular formula is C46H54N8O6S2. The minimum atomic E-state index is -0.978. The number of carboxylic acids is 1. The number of fused-ring (bicyclic) bond motifs is 3. The van der Waals surface area contributed by atoms with Crippen LogP contribution in [0.1, 0.15) is 115 Å². The van der Waals surface area contributed by atoms with Crippen molar-refractivity contribution >= 4 is 52.1 Å². The van der Waals surface area contributed by atoms with E-state index in [1.165, 1.54) is 4.90 Å². The molecule has 2 aromatic carbocycles. The van der Waals surface area contributed by atoms with Gasteiger partial charge in [0.25, 0.3) is 0 Å². The van der Waals surface area contributed by atoms with Crippen LogP contribution in [-0.2, 0) is 25.6 Å². The SMILES string of the molecule is Cc1ncsc1-c1ccc(C(C)NC(=O)[C@@H]2C[C@@H](O)CN2C(=O)C(NC(=O)CCCc2ccc(C3=N[C@@H](CC(=O)O)c4nnc(C)n4-c4sc(C)c(C)c43)cc2)C(C)(C)C)cc1. The number of nitrogens with one attached hydrogen (secondary N) is 2. The number of aliphatic hydroxyl groups excluding tert-OH is 1. The predicted octanol–water partition coefficient (Wildman–Crippen LogP) is 6.75. The molecule has 16 heteroatoms. The second-order valence-corrected chi connectivity index (χ2v) is 19.5. The summed E-state index contributed by atoms with van der Waals surface area (Å²) in [6, 6.07) is 13.0. The lowest BCUT2D eigenvalue weighted by Gasteiger charge is -2.35. The van der Waals surface area contributed by atoms with Crippen LogP contribution in [-0.4, -0.2) is 89.0 Å². The van der Waals surface area contributed by atoms with Gasteiger partial charge in [-0.2, -0.15) is 0 Å². The van der Waals surface area contributed by atoms with Crippen molar-refractivity contribution in [1.29, 1.82) is 0 Å². The fourth-order valence-corrected chi connectivity index (χ4v) is 10.2. The number of aromatic nitrogens is 4. The highest BCUT2D eigenvalue weighted by molar-refractivity contribution is 7.15. The Morgan fingerprint density at radius 3 is 2.29 bits per heavy atom. The van der Waals surface area contributed by atoms with Crippen LogP contribution in [0, 0.1) is 33.1 Å². The number of rotatable bonds is 13. The highest BCUT2D eigenvalue weighted by Gasteiger charge is 2.45. The third-order valence-corrected chi connectivity index (χ3v) is 13.9. The molecule has 7 rings (SSSR count). The van der Waals surface area contributed by atoms with Gasteiger partial charge in [-0.05, 0) is 75.1 Å². The number of aliphatic carboxylic acids is 1. The molecule has 5 aromatic rings.